The lowest BCUT2D eigenvalue weighted by Crippen LogP contribution is -2.30. The number of amides is 1. The van der Waals surface area contributed by atoms with E-state index in [-0.39, 0.29) is 23.5 Å². The summed E-state index contributed by atoms with van der Waals surface area (Å²) in [4.78, 5) is 18.2. The first kappa shape index (κ1) is 18.7. The number of pyridine rings is 1. The summed E-state index contributed by atoms with van der Waals surface area (Å²) in [5, 5.41) is 6.91. The van der Waals surface area contributed by atoms with E-state index in [1.165, 1.54) is 23.9 Å². The molecule has 4 rings (SSSR count). The number of halogens is 1. The topological polar surface area (TPSA) is 42.0 Å². The van der Waals surface area contributed by atoms with Gasteiger partial charge in [-0.1, -0.05) is 54.2 Å². The molecule has 0 saturated heterocycles. The summed E-state index contributed by atoms with van der Waals surface area (Å²) < 4.78 is 13.3. The summed E-state index contributed by atoms with van der Waals surface area (Å²) in [7, 11) is 0. The van der Waals surface area contributed by atoms with Crippen LogP contribution in [0.4, 0.5) is 4.39 Å². The third-order valence-electron chi connectivity index (χ3n) is 4.26. The predicted molar refractivity (Wildman–Crippen MR) is 113 cm³/mol. The number of hydrogen-bond donors (Lipinski definition) is 1. The first-order valence-corrected chi connectivity index (χ1v) is 10.6. The maximum absolute atomic E-state index is 13.3. The molecule has 1 atom stereocenters. The van der Waals surface area contributed by atoms with Gasteiger partial charge in [-0.05, 0) is 41.3 Å². The van der Waals surface area contributed by atoms with Gasteiger partial charge in [0.15, 0.2) is 0 Å². The van der Waals surface area contributed by atoms with Gasteiger partial charge in [0.2, 0.25) is 5.91 Å². The average molecular weight is 409 g/mol. The molecule has 0 saturated carbocycles. The molecule has 0 aliphatic carbocycles. The number of para-hydroxylation sites is 1. The highest BCUT2D eigenvalue weighted by Gasteiger charge is 2.18. The van der Waals surface area contributed by atoms with Crippen LogP contribution >= 0.6 is 23.1 Å². The highest BCUT2D eigenvalue weighted by Crippen LogP contribution is 2.27. The summed E-state index contributed by atoms with van der Waals surface area (Å²) in [6.45, 7) is 0. The van der Waals surface area contributed by atoms with E-state index in [4.69, 9.17) is 0 Å². The highest BCUT2D eigenvalue weighted by molar-refractivity contribution is 7.99. The minimum absolute atomic E-state index is 0.0947. The summed E-state index contributed by atoms with van der Waals surface area (Å²) >= 11 is 2.96. The molecule has 2 aromatic heterocycles. The Morgan fingerprint density at radius 3 is 2.64 bits per heavy atom. The highest BCUT2D eigenvalue weighted by atomic mass is 32.2. The fourth-order valence-electron chi connectivity index (χ4n) is 2.90. The van der Waals surface area contributed by atoms with Crippen LogP contribution < -0.4 is 5.32 Å². The standard InChI is InChI=1S/C22H17FN2OS2/c23-17-10-7-16(8-11-17)22(19-6-3-13-27-19)25-20(26)14-28-21-12-9-15-4-1-2-5-18(15)24-21/h1-13,22H,14H2,(H,25,26). The zero-order chi connectivity index (χ0) is 19.3. The van der Waals surface area contributed by atoms with Gasteiger partial charge in [-0.15, -0.1) is 11.3 Å². The minimum Gasteiger partial charge on any atom is -0.344 e. The molecule has 1 amide bonds. The lowest BCUT2D eigenvalue weighted by molar-refractivity contribution is -0.119. The van der Waals surface area contributed by atoms with E-state index in [0.29, 0.717) is 0 Å². The monoisotopic (exact) mass is 408 g/mol. The van der Waals surface area contributed by atoms with Gasteiger partial charge in [-0.25, -0.2) is 9.37 Å². The maximum Gasteiger partial charge on any atom is 0.231 e. The SMILES string of the molecule is O=C(CSc1ccc2ccccc2n1)NC(c1ccc(F)cc1)c1cccs1. The quantitative estimate of drug-likeness (QED) is 0.432. The van der Waals surface area contributed by atoms with E-state index < -0.39 is 0 Å². The molecular formula is C22H17FN2OS2. The third kappa shape index (κ3) is 4.40. The van der Waals surface area contributed by atoms with Gasteiger partial charge in [0, 0.05) is 10.3 Å². The third-order valence-corrected chi connectivity index (χ3v) is 6.13. The molecule has 2 aromatic carbocycles. The summed E-state index contributed by atoms with van der Waals surface area (Å²) in [6.07, 6.45) is 0. The van der Waals surface area contributed by atoms with Gasteiger partial charge in [-0.2, -0.15) is 0 Å². The molecule has 140 valence electrons. The van der Waals surface area contributed by atoms with Crippen molar-refractivity contribution in [3.8, 4) is 0 Å². The maximum atomic E-state index is 13.3. The van der Waals surface area contributed by atoms with Crippen molar-refractivity contribution in [3.63, 3.8) is 0 Å². The number of nitrogens with zero attached hydrogens (tertiary/aromatic N) is 1. The fraction of sp³-hybridized carbons (Fsp3) is 0.0909. The largest absolute Gasteiger partial charge is 0.344 e. The van der Waals surface area contributed by atoms with Crippen LogP contribution in [0.15, 0.2) is 83.2 Å². The molecule has 1 N–H and O–H groups in total. The second kappa shape index (κ2) is 8.54. The van der Waals surface area contributed by atoms with Crippen LogP contribution in [0.1, 0.15) is 16.5 Å². The number of nitrogens with one attached hydrogen (secondary N) is 1. The van der Waals surface area contributed by atoms with Crippen molar-refractivity contribution in [1.82, 2.24) is 10.3 Å². The minimum atomic E-state index is -0.294. The molecule has 1 unspecified atom stereocenters. The Balaban J connectivity index is 1.46. The zero-order valence-electron chi connectivity index (χ0n) is 14.8. The lowest BCUT2D eigenvalue weighted by Gasteiger charge is -2.18. The van der Waals surface area contributed by atoms with Gasteiger partial charge < -0.3 is 5.32 Å². The second-order valence-electron chi connectivity index (χ2n) is 6.20. The molecule has 0 fully saturated rings. The van der Waals surface area contributed by atoms with Crippen molar-refractivity contribution < 1.29 is 9.18 Å². The van der Waals surface area contributed by atoms with E-state index in [1.807, 2.05) is 53.9 Å². The number of fused-ring (bicyclic) bond motifs is 1. The van der Waals surface area contributed by atoms with Crippen molar-refractivity contribution in [2.75, 3.05) is 5.75 Å². The van der Waals surface area contributed by atoms with E-state index in [9.17, 15) is 9.18 Å². The summed E-state index contributed by atoms with van der Waals surface area (Å²) in [5.41, 5.74) is 1.77. The fourth-order valence-corrected chi connectivity index (χ4v) is 4.39. The molecule has 0 spiro atoms. The molecule has 0 aliphatic rings. The number of benzene rings is 2. The van der Waals surface area contributed by atoms with E-state index in [0.717, 1.165) is 26.4 Å². The Kier molecular flexibility index (Phi) is 5.69. The smallest absolute Gasteiger partial charge is 0.231 e. The molecule has 4 aromatic rings. The Bertz CT molecular complexity index is 1080. The molecule has 0 radical (unpaired) electrons. The van der Waals surface area contributed by atoms with Crippen LogP contribution in [0.5, 0.6) is 0 Å². The number of aromatic nitrogens is 1. The van der Waals surface area contributed by atoms with Crippen molar-refractivity contribution in [1.29, 1.82) is 0 Å². The number of rotatable bonds is 6. The van der Waals surface area contributed by atoms with Crippen LogP contribution in [0, 0.1) is 5.82 Å². The Morgan fingerprint density at radius 1 is 1.04 bits per heavy atom. The van der Waals surface area contributed by atoms with Crippen molar-refractivity contribution in [2.24, 2.45) is 0 Å². The summed E-state index contributed by atoms with van der Waals surface area (Å²) in [6, 6.07) is 21.7. The first-order valence-electron chi connectivity index (χ1n) is 8.76. The van der Waals surface area contributed by atoms with Crippen molar-refractivity contribution >= 4 is 39.9 Å². The van der Waals surface area contributed by atoms with E-state index in [1.54, 1.807) is 23.5 Å². The van der Waals surface area contributed by atoms with Gasteiger partial charge >= 0.3 is 0 Å². The van der Waals surface area contributed by atoms with Crippen LogP contribution in [-0.4, -0.2) is 16.6 Å². The zero-order valence-corrected chi connectivity index (χ0v) is 16.5. The number of hydrogen-bond acceptors (Lipinski definition) is 4. The normalized spacial score (nSPS) is 12.0. The molecule has 0 aliphatic heterocycles. The van der Waals surface area contributed by atoms with Crippen molar-refractivity contribution in [3.05, 3.63) is 94.4 Å². The van der Waals surface area contributed by atoms with Gasteiger partial charge in [-0.3, -0.25) is 4.79 Å². The van der Waals surface area contributed by atoms with Crippen molar-refractivity contribution in [2.45, 2.75) is 11.1 Å². The van der Waals surface area contributed by atoms with Crippen LogP contribution in [0.3, 0.4) is 0 Å². The summed E-state index contributed by atoms with van der Waals surface area (Å²) in [5.74, 6) is -0.130. The molecular weight excluding hydrogens is 391 g/mol. The lowest BCUT2D eigenvalue weighted by atomic mass is 10.1. The molecule has 6 heteroatoms. The van der Waals surface area contributed by atoms with Crippen LogP contribution in [0.2, 0.25) is 0 Å². The number of carbonyl (C=O) groups excluding carboxylic acids is 1. The van der Waals surface area contributed by atoms with E-state index in [2.05, 4.69) is 10.3 Å². The number of thiophene rings is 1. The number of thioether (sulfide) groups is 1. The van der Waals surface area contributed by atoms with Crippen LogP contribution in [-0.2, 0) is 4.79 Å². The molecule has 2 heterocycles. The Morgan fingerprint density at radius 2 is 1.86 bits per heavy atom. The van der Waals surface area contributed by atoms with Gasteiger partial charge in [0.25, 0.3) is 0 Å². The molecule has 0 bridgehead atoms. The van der Waals surface area contributed by atoms with Gasteiger partial charge in [0.05, 0.1) is 22.3 Å². The molecule has 28 heavy (non-hydrogen) atoms. The second-order valence-corrected chi connectivity index (χ2v) is 8.17. The van der Waals surface area contributed by atoms with E-state index >= 15 is 0 Å². The van der Waals surface area contributed by atoms with Gasteiger partial charge in [0.1, 0.15) is 5.82 Å². The number of carbonyl (C=O) groups is 1. The predicted octanol–water partition coefficient (Wildman–Crippen LogP) is 5.43. The average Bonchev–Trinajstić information content (AvgIpc) is 3.26. The van der Waals surface area contributed by atoms with Crippen LogP contribution in [0.25, 0.3) is 10.9 Å². The Labute approximate surface area is 170 Å². The molecule has 3 nitrogen and oxygen atoms in total. The Hall–Kier alpha value is -2.70. The first-order chi connectivity index (χ1) is 13.7.